The second kappa shape index (κ2) is 12.8. The Morgan fingerprint density at radius 3 is 2.58 bits per heavy atom. The highest BCUT2D eigenvalue weighted by molar-refractivity contribution is 7.93. The van der Waals surface area contributed by atoms with E-state index in [0.717, 1.165) is 22.6 Å². The first kappa shape index (κ1) is 29.1. The average Bonchev–Trinajstić information content (AvgIpc) is 3.43. The largest absolute Gasteiger partial charge is 0.480 e. The van der Waals surface area contributed by atoms with E-state index < -0.39 is 34.2 Å². The molecule has 3 rings (SSSR count). The fourth-order valence-electron chi connectivity index (χ4n) is 3.67. The lowest BCUT2D eigenvalue weighted by atomic mass is 10.1. The van der Waals surface area contributed by atoms with Crippen molar-refractivity contribution in [2.45, 2.75) is 43.5 Å². The minimum Gasteiger partial charge on any atom is -0.480 e. The van der Waals surface area contributed by atoms with Crippen LogP contribution in [0.5, 0.6) is 0 Å². The zero-order valence-corrected chi connectivity index (χ0v) is 22.6. The highest BCUT2D eigenvalue weighted by Gasteiger charge is 2.26. The Morgan fingerprint density at radius 1 is 1.18 bits per heavy atom. The normalized spacial score (nSPS) is 12.3. The molecule has 0 spiro atoms. The number of aromatic nitrogens is 2. The molecule has 1 atom stereocenters. The third-order valence-corrected chi connectivity index (χ3v) is 7.84. The van der Waals surface area contributed by atoms with Crippen molar-refractivity contribution in [3.05, 3.63) is 58.0 Å². The molecule has 0 aliphatic carbocycles. The summed E-state index contributed by atoms with van der Waals surface area (Å²) in [5.41, 5.74) is 13.0. The Labute approximate surface area is 224 Å². The number of nitrogens with two attached hydrogens (primary N) is 2. The summed E-state index contributed by atoms with van der Waals surface area (Å²) < 4.78 is 30.8. The van der Waals surface area contributed by atoms with Crippen LogP contribution < -0.4 is 32.1 Å². The molecular formula is C23H32N8O5S2. The van der Waals surface area contributed by atoms with Crippen LogP contribution in [0.2, 0.25) is 0 Å². The van der Waals surface area contributed by atoms with Crippen molar-refractivity contribution in [2.75, 3.05) is 16.6 Å². The molecule has 0 saturated heterocycles. The Morgan fingerprint density at radius 2 is 1.92 bits per heavy atom. The van der Waals surface area contributed by atoms with Crippen molar-refractivity contribution in [1.82, 2.24) is 20.4 Å². The number of nitrogens with one attached hydrogen (secondary N) is 4. The summed E-state index contributed by atoms with van der Waals surface area (Å²) in [6, 6.07) is 6.66. The molecule has 0 fully saturated rings. The predicted molar refractivity (Wildman–Crippen MR) is 145 cm³/mol. The van der Waals surface area contributed by atoms with Gasteiger partial charge in [-0.15, -0.1) is 11.3 Å². The number of carbonyl (C=O) groups excluding carboxylic acids is 1. The molecule has 0 unspecified atom stereocenters. The van der Waals surface area contributed by atoms with Crippen LogP contribution in [0.3, 0.4) is 0 Å². The van der Waals surface area contributed by atoms with Crippen molar-refractivity contribution in [3.63, 3.8) is 0 Å². The number of carboxylic acids is 1. The SMILES string of the molecule is Cc1cn(C)nc1CNc1ccccc1S(=O)(=O)Nc1ccsc1C(=O)N[C@@H](CCCNC(N)N)C(=O)O. The number of carboxylic acid groups (broad SMARTS) is 1. The molecule has 2 heterocycles. The van der Waals surface area contributed by atoms with Crippen LogP contribution in [0.15, 0.2) is 46.8 Å². The number of thiophene rings is 1. The molecule has 0 radical (unpaired) electrons. The quantitative estimate of drug-likeness (QED) is 0.109. The Hall–Kier alpha value is -3.50. The van der Waals surface area contributed by atoms with Gasteiger partial charge in [-0.1, -0.05) is 12.1 Å². The minimum atomic E-state index is -4.11. The molecule has 38 heavy (non-hydrogen) atoms. The van der Waals surface area contributed by atoms with Crippen LogP contribution in [0.25, 0.3) is 0 Å². The van der Waals surface area contributed by atoms with Crippen LogP contribution in [-0.2, 0) is 28.4 Å². The standard InChI is InChI=1S/C23H32N8O5S2/c1-14-13-31(2)29-18(14)12-27-15-6-3-4-8-19(15)38(35,36)30-16-9-11-37-20(16)21(32)28-17(22(33)34)7-5-10-26-23(24)25/h3-4,6,8-9,11,13,17,23,26-27,30H,5,7,10,12,24-25H2,1-2H3,(H,28,32)(H,33,34)/t17-/m0/s1. The summed E-state index contributed by atoms with van der Waals surface area (Å²) in [6.07, 6.45) is 1.66. The van der Waals surface area contributed by atoms with E-state index in [2.05, 4.69) is 25.8 Å². The van der Waals surface area contributed by atoms with Gasteiger partial charge in [0.2, 0.25) is 0 Å². The number of aliphatic carboxylic acids is 1. The first-order valence-electron chi connectivity index (χ1n) is 11.7. The number of hydrogen-bond acceptors (Lipinski definition) is 10. The zero-order chi connectivity index (χ0) is 27.9. The lowest BCUT2D eigenvalue weighted by Crippen LogP contribution is -2.46. The Balaban J connectivity index is 1.72. The maximum atomic E-state index is 13.3. The smallest absolute Gasteiger partial charge is 0.326 e. The summed E-state index contributed by atoms with van der Waals surface area (Å²) in [5, 5.41) is 23.8. The summed E-state index contributed by atoms with van der Waals surface area (Å²) in [4.78, 5) is 24.6. The third-order valence-electron chi connectivity index (χ3n) is 5.51. The van der Waals surface area contributed by atoms with Crippen molar-refractivity contribution < 1.29 is 23.1 Å². The lowest BCUT2D eigenvalue weighted by molar-refractivity contribution is -0.139. The van der Waals surface area contributed by atoms with Gasteiger partial charge in [-0.3, -0.25) is 19.5 Å². The van der Waals surface area contributed by atoms with Crippen LogP contribution >= 0.6 is 11.3 Å². The van der Waals surface area contributed by atoms with Crippen molar-refractivity contribution in [3.8, 4) is 0 Å². The monoisotopic (exact) mass is 564 g/mol. The highest BCUT2D eigenvalue weighted by Crippen LogP contribution is 2.28. The van der Waals surface area contributed by atoms with E-state index in [9.17, 15) is 23.1 Å². The molecule has 2 aromatic heterocycles. The van der Waals surface area contributed by atoms with Crippen LogP contribution in [0.4, 0.5) is 11.4 Å². The average molecular weight is 565 g/mol. The predicted octanol–water partition coefficient (Wildman–Crippen LogP) is 0.957. The number of rotatable bonds is 14. The van der Waals surface area contributed by atoms with E-state index in [4.69, 9.17) is 11.5 Å². The van der Waals surface area contributed by atoms with E-state index in [1.54, 1.807) is 35.3 Å². The van der Waals surface area contributed by atoms with Gasteiger partial charge < -0.3 is 27.2 Å². The molecule has 0 bridgehead atoms. The molecule has 0 aliphatic rings. The third kappa shape index (κ3) is 7.75. The van der Waals surface area contributed by atoms with E-state index in [-0.39, 0.29) is 21.9 Å². The van der Waals surface area contributed by atoms with Crippen molar-refractivity contribution in [1.29, 1.82) is 0 Å². The zero-order valence-electron chi connectivity index (χ0n) is 21.0. The summed E-state index contributed by atoms with van der Waals surface area (Å²) in [6.45, 7) is 2.60. The van der Waals surface area contributed by atoms with Gasteiger partial charge in [0.25, 0.3) is 15.9 Å². The Bertz CT molecular complexity index is 1370. The first-order chi connectivity index (χ1) is 18.0. The van der Waals surface area contributed by atoms with Crippen LogP contribution in [0.1, 0.15) is 33.8 Å². The molecule has 15 heteroatoms. The van der Waals surface area contributed by atoms with Gasteiger partial charge in [0.05, 0.1) is 23.6 Å². The van der Waals surface area contributed by atoms with Gasteiger partial charge in [0, 0.05) is 13.2 Å². The van der Waals surface area contributed by atoms with Gasteiger partial charge in [-0.05, 0) is 55.5 Å². The van der Waals surface area contributed by atoms with Gasteiger partial charge in [-0.2, -0.15) is 5.10 Å². The van der Waals surface area contributed by atoms with Gasteiger partial charge in [0.15, 0.2) is 0 Å². The number of hydrogen-bond donors (Lipinski definition) is 7. The molecule has 3 aromatic rings. The molecule has 9 N–H and O–H groups in total. The molecule has 0 aliphatic heterocycles. The molecule has 1 aromatic carbocycles. The summed E-state index contributed by atoms with van der Waals surface area (Å²) in [5.74, 6) is -1.91. The minimum absolute atomic E-state index is 0.0137. The molecule has 1 amide bonds. The van der Waals surface area contributed by atoms with E-state index >= 15 is 0 Å². The number of benzene rings is 1. The second-order valence-corrected chi connectivity index (χ2v) is 11.1. The number of aryl methyl sites for hydroxylation is 2. The molecule has 0 saturated carbocycles. The second-order valence-electron chi connectivity index (χ2n) is 8.54. The van der Waals surface area contributed by atoms with Gasteiger partial charge in [-0.25, -0.2) is 13.2 Å². The van der Waals surface area contributed by atoms with Crippen molar-refractivity contribution in [2.24, 2.45) is 18.5 Å². The number of carbonyl (C=O) groups is 2. The van der Waals surface area contributed by atoms with E-state index in [0.29, 0.717) is 25.2 Å². The maximum Gasteiger partial charge on any atom is 0.326 e. The fourth-order valence-corrected chi connectivity index (χ4v) is 5.75. The maximum absolute atomic E-state index is 13.3. The Kier molecular flexibility index (Phi) is 9.82. The number of nitrogens with zero attached hydrogens (tertiary/aromatic N) is 2. The van der Waals surface area contributed by atoms with Crippen LogP contribution in [0, 0.1) is 6.92 Å². The van der Waals surface area contributed by atoms with Crippen LogP contribution in [-0.4, -0.2) is 54.1 Å². The lowest BCUT2D eigenvalue weighted by Gasteiger charge is -2.16. The summed E-state index contributed by atoms with van der Waals surface area (Å²) >= 11 is 0.992. The van der Waals surface area contributed by atoms with E-state index in [1.807, 2.05) is 13.1 Å². The van der Waals surface area contributed by atoms with E-state index in [1.165, 1.54) is 12.1 Å². The number of para-hydroxylation sites is 1. The highest BCUT2D eigenvalue weighted by atomic mass is 32.2. The molecular weight excluding hydrogens is 532 g/mol. The number of amides is 1. The van der Waals surface area contributed by atoms with Crippen molar-refractivity contribution >= 4 is 44.6 Å². The fraction of sp³-hybridized carbons (Fsp3) is 0.348. The number of sulfonamides is 1. The van der Waals surface area contributed by atoms with Gasteiger partial charge >= 0.3 is 5.97 Å². The molecule has 206 valence electrons. The number of anilines is 2. The topological polar surface area (TPSA) is 206 Å². The first-order valence-corrected chi connectivity index (χ1v) is 14.0. The van der Waals surface area contributed by atoms with Gasteiger partial charge in [0.1, 0.15) is 22.1 Å². The summed E-state index contributed by atoms with van der Waals surface area (Å²) in [7, 11) is -2.30. The molecule has 13 nitrogen and oxygen atoms in total.